The molecule has 3 N–H and O–H groups in total. The summed E-state index contributed by atoms with van der Waals surface area (Å²) < 4.78 is 0. The van der Waals surface area contributed by atoms with Gasteiger partial charge in [0.2, 0.25) is 5.91 Å². The summed E-state index contributed by atoms with van der Waals surface area (Å²) in [5, 5.41) is 6.78. The fourth-order valence-electron chi connectivity index (χ4n) is 1.75. The number of nitrogens with one attached hydrogen (secondary N) is 1. The van der Waals surface area contributed by atoms with Gasteiger partial charge in [-0.3, -0.25) is 9.89 Å². The minimum atomic E-state index is 0.126. The number of nitrogens with two attached hydrogens (primary N) is 1. The van der Waals surface area contributed by atoms with E-state index in [1.54, 1.807) is 11.9 Å². The average Bonchev–Trinajstić information content (AvgIpc) is 2.72. The van der Waals surface area contributed by atoms with E-state index in [0.29, 0.717) is 31.3 Å². The summed E-state index contributed by atoms with van der Waals surface area (Å²) in [5.41, 5.74) is 5.48. The molecule has 1 rings (SSSR count). The molecule has 0 saturated carbocycles. The van der Waals surface area contributed by atoms with Crippen LogP contribution in [-0.2, 0) is 11.3 Å². The topological polar surface area (TPSA) is 87.9 Å². The van der Waals surface area contributed by atoms with E-state index < -0.39 is 0 Å². The SMILES string of the molecule is Cc1nc(CN(C)C(=O)CCC(C)CCN)n[nH]1. The highest BCUT2D eigenvalue weighted by Crippen LogP contribution is 2.10. The number of carbonyl (C=O) groups is 1. The van der Waals surface area contributed by atoms with Gasteiger partial charge in [-0.15, -0.1) is 0 Å². The lowest BCUT2D eigenvalue weighted by Crippen LogP contribution is -2.27. The molecule has 0 radical (unpaired) electrons. The van der Waals surface area contributed by atoms with Gasteiger partial charge in [-0.2, -0.15) is 5.10 Å². The molecule has 0 aliphatic carbocycles. The third kappa shape index (κ3) is 4.83. The standard InChI is InChI=1S/C12H23N5O/c1-9(6-7-13)4-5-12(18)17(3)8-11-14-10(2)15-16-11/h9H,4-8,13H2,1-3H3,(H,14,15,16). The highest BCUT2D eigenvalue weighted by Gasteiger charge is 2.13. The maximum atomic E-state index is 11.9. The summed E-state index contributed by atoms with van der Waals surface area (Å²) in [4.78, 5) is 17.7. The van der Waals surface area contributed by atoms with Crippen molar-refractivity contribution in [1.29, 1.82) is 0 Å². The Kier molecular flexibility index (Phi) is 5.77. The number of rotatable bonds is 7. The molecule has 102 valence electrons. The summed E-state index contributed by atoms with van der Waals surface area (Å²) in [6.45, 7) is 5.10. The monoisotopic (exact) mass is 253 g/mol. The fraction of sp³-hybridized carbons (Fsp3) is 0.750. The van der Waals surface area contributed by atoms with Gasteiger partial charge in [0.15, 0.2) is 5.82 Å². The largest absolute Gasteiger partial charge is 0.338 e. The van der Waals surface area contributed by atoms with E-state index in [9.17, 15) is 4.79 Å². The van der Waals surface area contributed by atoms with Gasteiger partial charge in [-0.05, 0) is 32.2 Å². The molecule has 1 unspecified atom stereocenters. The van der Waals surface area contributed by atoms with Crippen LogP contribution in [0.4, 0.5) is 0 Å². The summed E-state index contributed by atoms with van der Waals surface area (Å²) >= 11 is 0. The Hall–Kier alpha value is -1.43. The zero-order valence-electron chi connectivity index (χ0n) is 11.4. The first-order valence-corrected chi connectivity index (χ1v) is 6.34. The van der Waals surface area contributed by atoms with Crippen molar-refractivity contribution < 1.29 is 4.79 Å². The summed E-state index contributed by atoms with van der Waals surface area (Å²) in [5.74, 6) is 2.04. The van der Waals surface area contributed by atoms with E-state index in [1.807, 2.05) is 6.92 Å². The van der Waals surface area contributed by atoms with Crippen LogP contribution in [0.1, 0.15) is 37.8 Å². The van der Waals surface area contributed by atoms with Crippen LogP contribution in [0.25, 0.3) is 0 Å². The van der Waals surface area contributed by atoms with E-state index in [4.69, 9.17) is 5.73 Å². The number of aromatic amines is 1. The van der Waals surface area contributed by atoms with E-state index >= 15 is 0 Å². The molecule has 1 amide bonds. The quantitative estimate of drug-likeness (QED) is 0.753. The van der Waals surface area contributed by atoms with Crippen molar-refractivity contribution >= 4 is 5.91 Å². The Morgan fingerprint density at radius 1 is 1.50 bits per heavy atom. The molecule has 18 heavy (non-hydrogen) atoms. The van der Waals surface area contributed by atoms with Gasteiger partial charge in [0.25, 0.3) is 0 Å². The molecule has 0 bridgehead atoms. The molecule has 0 fully saturated rings. The van der Waals surface area contributed by atoms with E-state index in [0.717, 1.165) is 18.7 Å². The van der Waals surface area contributed by atoms with E-state index in [1.165, 1.54) is 0 Å². The van der Waals surface area contributed by atoms with Gasteiger partial charge in [0.05, 0.1) is 6.54 Å². The second kappa shape index (κ2) is 7.10. The van der Waals surface area contributed by atoms with Crippen LogP contribution < -0.4 is 5.73 Å². The molecule has 0 spiro atoms. The number of hydrogen-bond donors (Lipinski definition) is 2. The molecule has 1 heterocycles. The van der Waals surface area contributed by atoms with Gasteiger partial charge in [-0.1, -0.05) is 6.92 Å². The fourth-order valence-corrected chi connectivity index (χ4v) is 1.75. The van der Waals surface area contributed by atoms with E-state index in [-0.39, 0.29) is 5.91 Å². The Morgan fingerprint density at radius 3 is 2.78 bits per heavy atom. The van der Waals surface area contributed by atoms with Crippen molar-refractivity contribution in [2.24, 2.45) is 11.7 Å². The van der Waals surface area contributed by atoms with Crippen molar-refractivity contribution in [3.63, 3.8) is 0 Å². The highest BCUT2D eigenvalue weighted by molar-refractivity contribution is 5.75. The zero-order chi connectivity index (χ0) is 13.5. The first-order valence-electron chi connectivity index (χ1n) is 6.34. The van der Waals surface area contributed by atoms with Crippen molar-refractivity contribution in [2.75, 3.05) is 13.6 Å². The van der Waals surface area contributed by atoms with Crippen molar-refractivity contribution in [1.82, 2.24) is 20.1 Å². The normalized spacial score (nSPS) is 12.4. The van der Waals surface area contributed by atoms with E-state index in [2.05, 4.69) is 22.1 Å². The van der Waals surface area contributed by atoms with Crippen LogP contribution in [0.15, 0.2) is 0 Å². The first kappa shape index (κ1) is 14.6. The van der Waals surface area contributed by atoms with Crippen LogP contribution in [0, 0.1) is 12.8 Å². The maximum Gasteiger partial charge on any atom is 0.222 e. The Balaban J connectivity index is 2.33. The summed E-state index contributed by atoms with van der Waals surface area (Å²) in [6, 6.07) is 0. The smallest absolute Gasteiger partial charge is 0.222 e. The molecular weight excluding hydrogens is 230 g/mol. The Morgan fingerprint density at radius 2 is 2.22 bits per heavy atom. The third-order valence-corrected chi connectivity index (χ3v) is 2.96. The molecule has 1 aromatic heterocycles. The second-order valence-electron chi connectivity index (χ2n) is 4.81. The lowest BCUT2D eigenvalue weighted by molar-refractivity contribution is -0.130. The van der Waals surface area contributed by atoms with Gasteiger partial charge >= 0.3 is 0 Å². The van der Waals surface area contributed by atoms with Crippen LogP contribution in [0.5, 0.6) is 0 Å². The van der Waals surface area contributed by atoms with Gasteiger partial charge in [0, 0.05) is 13.5 Å². The molecule has 1 atom stereocenters. The number of nitrogens with zero attached hydrogens (tertiary/aromatic N) is 3. The van der Waals surface area contributed by atoms with Gasteiger partial charge in [-0.25, -0.2) is 4.98 Å². The molecule has 0 aromatic carbocycles. The highest BCUT2D eigenvalue weighted by atomic mass is 16.2. The number of H-pyrrole nitrogens is 1. The Labute approximate surface area is 108 Å². The predicted molar refractivity (Wildman–Crippen MR) is 69.7 cm³/mol. The van der Waals surface area contributed by atoms with Crippen molar-refractivity contribution in [3.05, 3.63) is 11.6 Å². The molecule has 6 nitrogen and oxygen atoms in total. The predicted octanol–water partition coefficient (Wildman–Crippen LogP) is 0.837. The minimum Gasteiger partial charge on any atom is -0.338 e. The van der Waals surface area contributed by atoms with Gasteiger partial charge < -0.3 is 10.6 Å². The summed E-state index contributed by atoms with van der Waals surface area (Å²) in [7, 11) is 1.78. The zero-order valence-corrected chi connectivity index (χ0v) is 11.4. The number of hydrogen-bond acceptors (Lipinski definition) is 4. The number of aromatic nitrogens is 3. The molecule has 0 aliphatic heterocycles. The molecular formula is C12H23N5O. The molecule has 0 aliphatic rings. The first-order chi connectivity index (χ1) is 8.52. The second-order valence-corrected chi connectivity index (χ2v) is 4.81. The number of aryl methyl sites for hydroxylation is 1. The Bertz CT molecular complexity index is 376. The third-order valence-electron chi connectivity index (χ3n) is 2.96. The van der Waals surface area contributed by atoms with Crippen molar-refractivity contribution in [2.45, 2.75) is 39.7 Å². The minimum absolute atomic E-state index is 0.126. The number of amides is 1. The van der Waals surface area contributed by atoms with Crippen LogP contribution in [0.3, 0.4) is 0 Å². The average molecular weight is 253 g/mol. The van der Waals surface area contributed by atoms with Crippen LogP contribution in [-0.4, -0.2) is 39.6 Å². The number of carbonyl (C=O) groups excluding carboxylic acids is 1. The maximum absolute atomic E-state index is 11.9. The molecule has 1 aromatic rings. The molecule has 6 heteroatoms. The van der Waals surface area contributed by atoms with Gasteiger partial charge in [0.1, 0.15) is 5.82 Å². The van der Waals surface area contributed by atoms with Crippen molar-refractivity contribution in [3.8, 4) is 0 Å². The van der Waals surface area contributed by atoms with Crippen LogP contribution in [0.2, 0.25) is 0 Å². The summed E-state index contributed by atoms with van der Waals surface area (Å²) in [6.07, 6.45) is 2.41. The lowest BCUT2D eigenvalue weighted by atomic mass is 10.0. The lowest BCUT2D eigenvalue weighted by Gasteiger charge is -2.16. The molecule has 0 saturated heterocycles. The van der Waals surface area contributed by atoms with Crippen LogP contribution >= 0.6 is 0 Å².